The van der Waals surface area contributed by atoms with Gasteiger partial charge in [0.25, 0.3) is 5.91 Å². The Hall–Kier alpha value is -3.22. The Morgan fingerprint density at radius 3 is 2.75 bits per heavy atom. The number of benzene rings is 2. The van der Waals surface area contributed by atoms with E-state index in [0.717, 1.165) is 24.2 Å². The van der Waals surface area contributed by atoms with E-state index in [1.165, 1.54) is 0 Å². The van der Waals surface area contributed by atoms with Crippen LogP contribution in [-0.2, 0) is 4.79 Å². The smallest absolute Gasteiger partial charge is 0.341 e. The third kappa shape index (κ3) is 3.74. The molecule has 2 aliphatic heterocycles. The molecule has 0 saturated carbocycles. The lowest BCUT2D eigenvalue weighted by atomic mass is 10.0. The summed E-state index contributed by atoms with van der Waals surface area (Å²) in [5.41, 5.74) is 1.50. The third-order valence-electron chi connectivity index (χ3n) is 4.91. The van der Waals surface area contributed by atoms with Crippen LogP contribution in [0, 0.1) is 0 Å². The number of ether oxygens (including phenoxy) is 3. The largest absolute Gasteiger partial charge is 0.486 e. The Balaban J connectivity index is 1.54. The average Bonchev–Trinajstić information content (AvgIpc) is 3.21. The van der Waals surface area contributed by atoms with Crippen LogP contribution in [0.5, 0.6) is 17.2 Å². The van der Waals surface area contributed by atoms with Gasteiger partial charge in [-0.25, -0.2) is 4.79 Å². The van der Waals surface area contributed by atoms with Crippen molar-refractivity contribution in [2.24, 2.45) is 0 Å². The maximum Gasteiger partial charge on any atom is 0.341 e. The molecule has 146 valence electrons. The molecule has 7 nitrogen and oxygen atoms in total. The van der Waals surface area contributed by atoms with Gasteiger partial charge in [-0.05, 0) is 48.7 Å². The van der Waals surface area contributed by atoms with E-state index < -0.39 is 12.6 Å². The maximum atomic E-state index is 13.1. The SMILES string of the molecule is O=C(O)COc1cccc(C(=O)N2CCCC2c2ccc3c(c2)OCCO3)c1. The first kappa shape index (κ1) is 18.2. The topological polar surface area (TPSA) is 85.3 Å². The monoisotopic (exact) mass is 383 g/mol. The molecule has 1 amide bonds. The third-order valence-corrected chi connectivity index (χ3v) is 4.91. The molecule has 1 unspecified atom stereocenters. The molecule has 2 aromatic carbocycles. The Morgan fingerprint density at radius 2 is 1.93 bits per heavy atom. The second-order valence-electron chi connectivity index (χ2n) is 6.77. The van der Waals surface area contributed by atoms with E-state index in [1.807, 2.05) is 23.1 Å². The van der Waals surface area contributed by atoms with Crippen LogP contribution in [0.4, 0.5) is 0 Å². The number of carboxylic acids is 1. The number of hydrogen-bond acceptors (Lipinski definition) is 5. The summed E-state index contributed by atoms with van der Waals surface area (Å²) in [6.45, 7) is 1.28. The van der Waals surface area contributed by atoms with Crippen LogP contribution >= 0.6 is 0 Å². The Labute approximate surface area is 162 Å². The molecular weight excluding hydrogens is 362 g/mol. The molecule has 0 radical (unpaired) electrons. The molecule has 0 aromatic heterocycles. The number of rotatable bonds is 5. The number of nitrogens with zero attached hydrogens (tertiary/aromatic N) is 1. The molecule has 1 saturated heterocycles. The minimum Gasteiger partial charge on any atom is -0.486 e. The van der Waals surface area contributed by atoms with Crippen molar-refractivity contribution >= 4 is 11.9 Å². The van der Waals surface area contributed by atoms with Crippen LogP contribution in [-0.4, -0.2) is 48.2 Å². The van der Waals surface area contributed by atoms with Gasteiger partial charge in [0.15, 0.2) is 18.1 Å². The summed E-state index contributed by atoms with van der Waals surface area (Å²) in [7, 11) is 0. The molecule has 2 aromatic rings. The van der Waals surface area contributed by atoms with Gasteiger partial charge >= 0.3 is 5.97 Å². The number of carboxylic acid groups (broad SMARTS) is 1. The minimum absolute atomic E-state index is 0.0353. The molecule has 1 N–H and O–H groups in total. The van der Waals surface area contributed by atoms with Gasteiger partial charge in [-0.1, -0.05) is 12.1 Å². The van der Waals surface area contributed by atoms with E-state index in [2.05, 4.69) is 0 Å². The van der Waals surface area contributed by atoms with Gasteiger partial charge in [-0.15, -0.1) is 0 Å². The van der Waals surface area contributed by atoms with E-state index in [-0.39, 0.29) is 11.9 Å². The predicted molar refractivity (Wildman–Crippen MR) is 100 cm³/mol. The minimum atomic E-state index is -1.06. The lowest BCUT2D eigenvalue weighted by Gasteiger charge is -2.27. The highest BCUT2D eigenvalue weighted by molar-refractivity contribution is 5.95. The Morgan fingerprint density at radius 1 is 1.11 bits per heavy atom. The highest BCUT2D eigenvalue weighted by atomic mass is 16.6. The molecule has 2 heterocycles. The molecule has 0 aliphatic carbocycles. The summed E-state index contributed by atoms with van der Waals surface area (Å²) in [5, 5.41) is 8.75. The van der Waals surface area contributed by atoms with E-state index in [9.17, 15) is 9.59 Å². The van der Waals surface area contributed by atoms with Gasteiger partial charge in [0.05, 0.1) is 6.04 Å². The van der Waals surface area contributed by atoms with E-state index >= 15 is 0 Å². The van der Waals surface area contributed by atoms with Gasteiger partial charge in [-0.2, -0.15) is 0 Å². The molecule has 2 aliphatic rings. The summed E-state index contributed by atoms with van der Waals surface area (Å²) in [4.78, 5) is 25.6. The number of aliphatic carboxylic acids is 1. The molecule has 28 heavy (non-hydrogen) atoms. The summed E-state index contributed by atoms with van der Waals surface area (Å²) < 4.78 is 16.4. The van der Waals surface area contributed by atoms with Crippen LogP contribution in [0.1, 0.15) is 34.8 Å². The molecule has 7 heteroatoms. The zero-order valence-corrected chi connectivity index (χ0v) is 15.3. The van der Waals surface area contributed by atoms with Crippen molar-refractivity contribution < 1.29 is 28.9 Å². The normalized spacial score (nSPS) is 18.0. The van der Waals surface area contributed by atoms with Crippen molar-refractivity contribution in [3.05, 3.63) is 53.6 Å². The first-order chi connectivity index (χ1) is 13.6. The Bertz CT molecular complexity index is 896. The fourth-order valence-corrected chi connectivity index (χ4v) is 3.65. The number of likely N-dealkylation sites (tertiary alicyclic amines) is 1. The summed E-state index contributed by atoms with van der Waals surface area (Å²) in [6.07, 6.45) is 1.79. The molecule has 1 fully saturated rings. The van der Waals surface area contributed by atoms with Crippen molar-refractivity contribution in [3.63, 3.8) is 0 Å². The molecule has 0 spiro atoms. The van der Waals surface area contributed by atoms with Crippen molar-refractivity contribution in [1.82, 2.24) is 4.90 Å². The Kier molecular flexibility index (Phi) is 5.06. The lowest BCUT2D eigenvalue weighted by Crippen LogP contribution is -2.30. The fourth-order valence-electron chi connectivity index (χ4n) is 3.65. The first-order valence-electron chi connectivity index (χ1n) is 9.27. The summed E-state index contributed by atoms with van der Waals surface area (Å²) in [6, 6.07) is 12.4. The highest BCUT2D eigenvalue weighted by Gasteiger charge is 2.31. The second-order valence-corrected chi connectivity index (χ2v) is 6.77. The fraction of sp³-hybridized carbons (Fsp3) is 0.333. The van der Waals surface area contributed by atoms with Gasteiger partial charge in [-0.3, -0.25) is 4.79 Å². The van der Waals surface area contributed by atoms with Gasteiger partial charge in [0.2, 0.25) is 0 Å². The summed E-state index contributed by atoms with van der Waals surface area (Å²) in [5.74, 6) is 0.651. The van der Waals surface area contributed by atoms with Crippen LogP contribution in [0.3, 0.4) is 0 Å². The number of fused-ring (bicyclic) bond motifs is 1. The predicted octanol–water partition coefficient (Wildman–Crippen LogP) is 2.90. The summed E-state index contributed by atoms with van der Waals surface area (Å²) >= 11 is 0. The van der Waals surface area contributed by atoms with E-state index in [1.54, 1.807) is 24.3 Å². The molecular formula is C21H21NO6. The van der Waals surface area contributed by atoms with E-state index in [4.69, 9.17) is 19.3 Å². The number of carbonyl (C=O) groups excluding carboxylic acids is 1. The quantitative estimate of drug-likeness (QED) is 0.855. The lowest BCUT2D eigenvalue weighted by molar-refractivity contribution is -0.139. The van der Waals surface area contributed by atoms with Crippen molar-refractivity contribution in [2.45, 2.75) is 18.9 Å². The van der Waals surface area contributed by atoms with Crippen LogP contribution in [0.25, 0.3) is 0 Å². The standard InChI is InChI=1S/C21H21NO6/c23-20(24)13-28-16-4-1-3-15(11-16)21(25)22-8-2-5-17(22)14-6-7-18-19(12-14)27-10-9-26-18/h1,3-4,6-7,11-12,17H,2,5,8-10,13H2,(H,23,24). The van der Waals surface area contributed by atoms with E-state index in [0.29, 0.717) is 36.8 Å². The second kappa shape index (κ2) is 7.80. The van der Waals surface area contributed by atoms with Crippen molar-refractivity contribution in [2.75, 3.05) is 26.4 Å². The highest BCUT2D eigenvalue weighted by Crippen LogP contribution is 2.38. The zero-order valence-electron chi connectivity index (χ0n) is 15.3. The average molecular weight is 383 g/mol. The molecule has 0 bridgehead atoms. The molecule has 4 rings (SSSR count). The van der Waals surface area contributed by atoms with Gasteiger partial charge in [0.1, 0.15) is 19.0 Å². The van der Waals surface area contributed by atoms with Crippen LogP contribution < -0.4 is 14.2 Å². The zero-order chi connectivity index (χ0) is 19.5. The number of amides is 1. The van der Waals surface area contributed by atoms with Crippen LogP contribution in [0.15, 0.2) is 42.5 Å². The molecule has 1 atom stereocenters. The first-order valence-corrected chi connectivity index (χ1v) is 9.27. The van der Waals surface area contributed by atoms with Gasteiger partial charge in [0, 0.05) is 12.1 Å². The van der Waals surface area contributed by atoms with Crippen LogP contribution in [0.2, 0.25) is 0 Å². The number of carbonyl (C=O) groups is 2. The van der Waals surface area contributed by atoms with Crippen molar-refractivity contribution in [3.8, 4) is 17.2 Å². The number of hydrogen-bond donors (Lipinski definition) is 1. The van der Waals surface area contributed by atoms with Crippen molar-refractivity contribution in [1.29, 1.82) is 0 Å². The maximum absolute atomic E-state index is 13.1. The van der Waals surface area contributed by atoms with Gasteiger partial charge < -0.3 is 24.2 Å².